The molecule has 0 unspecified atom stereocenters. The van der Waals surface area contributed by atoms with Gasteiger partial charge in [0.05, 0.1) is 11.7 Å². The van der Waals surface area contributed by atoms with Crippen LogP contribution in [0.3, 0.4) is 0 Å². The number of hydrogen-bond donors (Lipinski definition) is 1. The molecule has 3 rings (SSSR count). The Morgan fingerprint density at radius 2 is 2.09 bits per heavy atom. The minimum atomic E-state index is -3.58. The van der Waals surface area contributed by atoms with Crippen LogP contribution in [0, 0.1) is 5.92 Å². The largest absolute Gasteiger partial charge is 0.490 e. The molecule has 1 atom stereocenters. The van der Waals surface area contributed by atoms with E-state index in [1.807, 2.05) is 23.9 Å². The Morgan fingerprint density at radius 3 is 2.78 bits per heavy atom. The second kappa shape index (κ2) is 6.91. The van der Waals surface area contributed by atoms with Crippen LogP contribution in [0.5, 0.6) is 5.75 Å². The van der Waals surface area contributed by atoms with Gasteiger partial charge in [-0.25, -0.2) is 13.1 Å². The highest BCUT2D eigenvalue weighted by atomic mass is 32.2. The number of nitrogens with zero attached hydrogens (tertiary/aromatic N) is 1. The summed E-state index contributed by atoms with van der Waals surface area (Å²) in [6.07, 6.45) is 0.767. The topological polar surface area (TPSA) is 58.6 Å². The molecule has 5 nitrogen and oxygen atoms in total. The van der Waals surface area contributed by atoms with Gasteiger partial charge in [-0.05, 0) is 24.5 Å². The number of fused-ring (bicyclic) bond motifs is 1. The first kappa shape index (κ1) is 16.9. The maximum Gasteiger partial charge on any atom is 0.246 e. The van der Waals surface area contributed by atoms with Crippen molar-refractivity contribution in [2.45, 2.75) is 31.2 Å². The molecule has 0 spiro atoms. The van der Waals surface area contributed by atoms with E-state index in [1.165, 1.54) is 0 Å². The Bertz CT molecular complexity index is 655. The molecule has 0 aliphatic carbocycles. The Hall–Kier alpha value is -0.920. The van der Waals surface area contributed by atoms with Gasteiger partial charge in [-0.2, -0.15) is 11.8 Å². The van der Waals surface area contributed by atoms with Crippen LogP contribution in [-0.4, -0.2) is 45.7 Å². The van der Waals surface area contributed by atoms with Crippen molar-refractivity contribution in [1.29, 1.82) is 0 Å². The highest BCUT2D eigenvalue weighted by Crippen LogP contribution is 2.36. The Morgan fingerprint density at radius 1 is 1.35 bits per heavy atom. The Kier molecular flexibility index (Phi) is 5.08. The SMILES string of the molecule is CC(C)C[C@@H]1COc2cccc(N3CCSCC3)c2S(=O)(=O)N1. The minimum Gasteiger partial charge on any atom is -0.490 e. The van der Waals surface area contributed by atoms with Crippen molar-refractivity contribution in [3.8, 4) is 5.75 Å². The lowest BCUT2D eigenvalue weighted by atomic mass is 10.1. The van der Waals surface area contributed by atoms with E-state index in [0.29, 0.717) is 23.2 Å². The number of sulfonamides is 1. The van der Waals surface area contributed by atoms with Crippen LogP contribution in [0.4, 0.5) is 5.69 Å². The van der Waals surface area contributed by atoms with Crippen molar-refractivity contribution >= 4 is 27.5 Å². The van der Waals surface area contributed by atoms with E-state index >= 15 is 0 Å². The molecule has 0 amide bonds. The fourth-order valence-electron chi connectivity index (χ4n) is 3.13. The summed E-state index contributed by atoms with van der Waals surface area (Å²) in [5, 5.41) is 0. The Labute approximate surface area is 142 Å². The van der Waals surface area contributed by atoms with Gasteiger partial charge in [0.25, 0.3) is 0 Å². The van der Waals surface area contributed by atoms with Crippen LogP contribution < -0.4 is 14.4 Å². The summed E-state index contributed by atoms with van der Waals surface area (Å²) in [4.78, 5) is 2.46. The predicted molar refractivity (Wildman–Crippen MR) is 95.0 cm³/mol. The van der Waals surface area contributed by atoms with Gasteiger partial charge in [0.2, 0.25) is 10.0 Å². The molecule has 23 heavy (non-hydrogen) atoms. The van der Waals surface area contributed by atoms with Crippen LogP contribution in [0.25, 0.3) is 0 Å². The first-order valence-electron chi connectivity index (χ1n) is 8.08. The van der Waals surface area contributed by atoms with Crippen LogP contribution in [0.2, 0.25) is 0 Å². The maximum atomic E-state index is 12.9. The molecule has 2 aliphatic heterocycles. The first-order valence-corrected chi connectivity index (χ1v) is 10.7. The third-order valence-corrected chi connectivity index (χ3v) is 6.63. The number of hydrogen-bond acceptors (Lipinski definition) is 5. The van der Waals surface area contributed by atoms with E-state index in [4.69, 9.17) is 4.74 Å². The average Bonchev–Trinajstić information content (AvgIpc) is 2.64. The monoisotopic (exact) mass is 356 g/mol. The van der Waals surface area contributed by atoms with Crippen molar-refractivity contribution in [1.82, 2.24) is 4.72 Å². The summed E-state index contributed by atoms with van der Waals surface area (Å²) in [6.45, 7) is 6.29. The molecule has 2 aliphatic rings. The Balaban J connectivity index is 1.97. The first-order chi connectivity index (χ1) is 11.0. The van der Waals surface area contributed by atoms with Crippen LogP contribution in [0.1, 0.15) is 20.3 Å². The highest BCUT2D eigenvalue weighted by Gasteiger charge is 2.32. The van der Waals surface area contributed by atoms with Crippen LogP contribution in [0.15, 0.2) is 23.1 Å². The van der Waals surface area contributed by atoms with Gasteiger partial charge in [-0.15, -0.1) is 0 Å². The molecule has 7 heteroatoms. The normalized spacial score (nSPS) is 24.0. The van der Waals surface area contributed by atoms with E-state index in [2.05, 4.69) is 23.5 Å². The molecule has 1 N–H and O–H groups in total. The van der Waals surface area contributed by atoms with Gasteiger partial charge < -0.3 is 9.64 Å². The summed E-state index contributed by atoms with van der Waals surface area (Å²) in [5.74, 6) is 2.92. The number of anilines is 1. The molecular formula is C16H24N2O3S2. The number of nitrogens with one attached hydrogen (secondary N) is 1. The molecule has 128 valence electrons. The van der Waals surface area contributed by atoms with E-state index in [-0.39, 0.29) is 6.04 Å². The van der Waals surface area contributed by atoms with E-state index in [9.17, 15) is 8.42 Å². The second-order valence-corrected chi connectivity index (χ2v) is 9.34. The van der Waals surface area contributed by atoms with Crippen LogP contribution in [-0.2, 0) is 10.0 Å². The van der Waals surface area contributed by atoms with Gasteiger partial charge in [-0.3, -0.25) is 0 Å². The predicted octanol–water partition coefficient (Wildman–Crippen LogP) is 2.33. The third-order valence-electron chi connectivity index (χ3n) is 4.10. The number of thioether (sulfide) groups is 1. The van der Waals surface area contributed by atoms with E-state index in [0.717, 1.165) is 36.7 Å². The van der Waals surface area contributed by atoms with Gasteiger partial charge in [0.15, 0.2) is 0 Å². The smallest absolute Gasteiger partial charge is 0.246 e. The van der Waals surface area contributed by atoms with Crippen molar-refractivity contribution in [3.05, 3.63) is 18.2 Å². The molecule has 1 saturated heterocycles. The fourth-order valence-corrected chi connectivity index (χ4v) is 5.62. The van der Waals surface area contributed by atoms with Crippen molar-refractivity contribution in [2.75, 3.05) is 36.1 Å². The summed E-state index contributed by atoms with van der Waals surface area (Å²) < 4.78 is 34.5. The lowest BCUT2D eigenvalue weighted by molar-refractivity contribution is 0.262. The number of ether oxygens (including phenoxy) is 1. The lowest BCUT2D eigenvalue weighted by Crippen LogP contribution is -2.39. The van der Waals surface area contributed by atoms with Crippen molar-refractivity contribution < 1.29 is 13.2 Å². The van der Waals surface area contributed by atoms with Gasteiger partial charge in [0.1, 0.15) is 17.3 Å². The molecule has 1 fully saturated rings. The number of rotatable bonds is 3. The average molecular weight is 357 g/mol. The van der Waals surface area contributed by atoms with Crippen molar-refractivity contribution in [2.24, 2.45) is 5.92 Å². The second-order valence-electron chi connectivity index (χ2n) is 6.46. The van der Waals surface area contributed by atoms with Crippen molar-refractivity contribution in [3.63, 3.8) is 0 Å². The zero-order valence-electron chi connectivity index (χ0n) is 13.6. The molecule has 0 radical (unpaired) electrons. The third kappa shape index (κ3) is 3.78. The maximum absolute atomic E-state index is 12.9. The van der Waals surface area contributed by atoms with Gasteiger partial charge in [-0.1, -0.05) is 19.9 Å². The van der Waals surface area contributed by atoms with Gasteiger partial charge >= 0.3 is 0 Å². The number of benzene rings is 1. The quantitative estimate of drug-likeness (QED) is 0.901. The fraction of sp³-hybridized carbons (Fsp3) is 0.625. The molecular weight excluding hydrogens is 332 g/mol. The molecule has 0 bridgehead atoms. The molecule has 0 aromatic heterocycles. The summed E-state index contributed by atoms with van der Waals surface area (Å²) in [5.41, 5.74) is 0.764. The summed E-state index contributed by atoms with van der Waals surface area (Å²) in [7, 11) is -3.58. The van der Waals surface area contributed by atoms with Gasteiger partial charge in [0, 0.05) is 24.6 Å². The minimum absolute atomic E-state index is 0.183. The molecule has 1 aromatic carbocycles. The standard InChI is InChI=1S/C16H24N2O3S2/c1-12(2)10-13-11-21-15-5-3-4-14(16(15)23(19,20)17-13)18-6-8-22-9-7-18/h3-5,12-13,17H,6-11H2,1-2H3/t13-/m1/s1. The van der Waals surface area contributed by atoms with Crippen LogP contribution >= 0.6 is 11.8 Å². The van der Waals surface area contributed by atoms with E-state index in [1.54, 1.807) is 6.07 Å². The molecule has 0 saturated carbocycles. The summed E-state index contributed by atoms with van der Waals surface area (Å²) in [6, 6.07) is 5.35. The summed E-state index contributed by atoms with van der Waals surface area (Å²) >= 11 is 1.90. The molecule has 2 heterocycles. The zero-order chi connectivity index (χ0) is 16.4. The lowest BCUT2D eigenvalue weighted by Gasteiger charge is -2.30. The highest BCUT2D eigenvalue weighted by molar-refractivity contribution is 7.99. The van der Waals surface area contributed by atoms with E-state index < -0.39 is 10.0 Å². The molecule has 1 aromatic rings. The zero-order valence-corrected chi connectivity index (χ0v) is 15.3.